The van der Waals surface area contributed by atoms with Crippen LogP contribution in [0.2, 0.25) is 25.1 Å². The van der Waals surface area contributed by atoms with E-state index in [1.807, 2.05) is 182 Å². The Morgan fingerprint density at radius 2 is 0.702 bits per heavy atom. The Hall–Kier alpha value is -16.5. The van der Waals surface area contributed by atoms with Crippen LogP contribution in [0.4, 0.5) is 23.3 Å². The van der Waals surface area contributed by atoms with Gasteiger partial charge in [-0.3, -0.25) is 4.68 Å². The molecule has 25 nitrogen and oxygen atoms in total. The Morgan fingerprint density at radius 3 is 1.05 bits per heavy atom. The number of methoxy groups -OCH3 is 1. The van der Waals surface area contributed by atoms with E-state index in [2.05, 4.69) is 60.7 Å². The number of nitrogens with zero attached hydrogens (tertiary/aromatic N) is 19. The molecule has 0 unspecified atom stereocenters. The molecule has 5 heterocycles. The van der Waals surface area contributed by atoms with Gasteiger partial charge in [-0.25, -0.2) is 23.6 Å². The zero-order valence-electron chi connectivity index (χ0n) is 63.5. The second-order valence-corrected chi connectivity index (χ2v) is 26.9. The number of allylic oxidation sites excluding steroid dienone is 4. The van der Waals surface area contributed by atoms with E-state index in [0.717, 1.165) is 11.3 Å². The molecule has 0 atom stereocenters. The van der Waals surface area contributed by atoms with Crippen molar-refractivity contribution in [3.63, 3.8) is 0 Å². The van der Waals surface area contributed by atoms with E-state index in [1.165, 1.54) is 24.8 Å². The summed E-state index contributed by atoms with van der Waals surface area (Å²) in [5, 5.41) is 109. The Balaban J connectivity index is 0.000000159. The fourth-order valence-electron chi connectivity index (χ4n) is 11.5. The van der Waals surface area contributed by atoms with Gasteiger partial charge in [-0.05, 0) is 133 Å². The van der Waals surface area contributed by atoms with Gasteiger partial charge in [-0.1, -0.05) is 210 Å². The van der Waals surface area contributed by atoms with Gasteiger partial charge in [0.2, 0.25) is 5.70 Å². The zero-order valence-corrected chi connectivity index (χ0v) is 67.3. The van der Waals surface area contributed by atoms with Crippen LogP contribution in [-0.2, 0) is 6.54 Å². The van der Waals surface area contributed by atoms with Crippen molar-refractivity contribution < 1.29 is 9.84 Å². The van der Waals surface area contributed by atoms with Crippen LogP contribution in [0.25, 0.3) is 86.0 Å². The lowest BCUT2D eigenvalue weighted by atomic mass is 10.1. The number of aliphatic hydroxyl groups excluding tert-OH is 1. The van der Waals surface area contributed by atoms with Crippen molar-refractivity contribution in [1.29, 1.82) is 42.1 Å². The van der Waals surface area contributed by atoms with Gasteiger partial charge in [0.15, 0.2) is 0 Å². The number of rotatable bonds is 17. The van der Waals surface area contributed by atoms with Crippen LogP contribution in [0.3, 0.4) is 0 Å². The lowest BCUT2D eigenvalue weighted by molar-refractivity contribution is 0.269. The van der Waals surface area contributed by atoms with E-state index in [-0.39, 0.29) is 91.6 Å². The summed E-state index contributed by atoms with van der Waals surface area (Å²) >= 11 is 30.7. The van der Waals surface area contributed by atoms with E-state index in [1.54, 1.807) is 121 Å². The molecule has 0 aliphatic heterocycles. The first-order valence-electron chi connectivity index (χ1n) is 35.7. The number of halogens is 5. The molecule has 121 heavy (non-hydrogen) atoms. The predicted octanol–water partition coefficient (Wildman–Crippen LogP) is 19.1. The minimum atomic E-state index is -0.00543. The van der Waals surface area contributed by atoms with Crippen LogP contribution in [-0.4, -0.2) is 67.7 Å². The number of anilines is 4. The molecule has 14 aromatic rings. The SMILES string of the molecule is COc1ccccc1/C=C(\C#N)c1nn(-c2ccccc2)c(N)c1C#N.N#C/C(=C\c1c(Cl)cccc1Cl)c1nn(-c2ccccc2)c(N)c1C#N.N#C/C(=C\c1ccccc1)c1nn(-c2ccccc2)c(N)c1C#N.N#C/C(=C\c1ccccc1Cl)c1nn(-c2ccccc2)c(N)c1C#N.[C-]#[N+]C(=Cc1c(Cl)cccc1Cl)c1ccn(CCO)n1. The quantitative estimate of drug-likeness (QED) is 0.0417. The lowest BCUT2D eigenvalue weighted by Crippen LogP contribution is -2.02. The first kappa shape index (κ1) is 86.9. The van der Waals surface area contributed by atoms with Crippen molar-refractivity contribution in [2.45, 2.75) is 6.54 Å². The van der Waals surface area contributed by atoms with Gasteiger partial charge in [-0.2, -0.15) is 67.6 Å². The molecular formula is C91H62Cl5N23O2. The van der Waals surface area contributed by atoms with Crippen molar-refractivity contribution in [3.8, 4) is 77.1 Å². The van der Waals surface area contributed by atoms with Crippen LogP contribution in [0.1, 0.15) is 78.5 Å². The number of aromatic nitrogens is 10. The molecular weight excluding hydrogens is 1620 g/mol. The van der Waals surface area contributed by atoms with Gasteiger partial charge in [0, 0.05) is 48.0 Å². The molecule has 9 N–H and O–H groups in total. The highest BCUT2D eigenvalue weighted by molar-refractivity contribution is 6.38. The maximum absolute atomic E-state index is 9.64. The van der Waals surface area contributed by atoms with E-state index in [9.17, 15) is 42.1 Å². The summed E-state index contributed by atoms with van der Waals surface area (Å²) in [7, 11) is 1.56. The molecule has 0 saturated carbocycles. The Bertz CT molecular complexity index is 6660. The molecule has 0 amide bonds. The largest absolute Gasteiger partial charge is 0.496 e. The second kappa shape index (κ2) is 42.2. The average Bonchev–Trinajstić information content (AvgIpc) is 1.66. The van der Waals surface area contributed by atoms with Gasteiger partial charge in [-0.15, -0.1) is 0 Å². The van der Waals surface area contributed by atoms with Crippen molar-refractivity contribution >= 4 is 140 Å². The average molecular weight is 1690 g/mol. The van der Waals surface area contributed by atoms with Crippen molar-refractivity contribution in [2.75, 3.05) is 36.7 Å². The monoisotopic (exact) mass is 1680 g/mol. The smallest absolute Gasteiger partial charge is 0.214 e. The van der Waals surface area contributed by atoms with Crippen LogP contribution < -0.4 is 27.7 Å². The molecule has 588 valence electrons. The summed E-state index contributed by atoms with van der Waals surface area (Å²) in [6.45, 7) is 7.65. The van der Waals surface area contributed by atoms with E-state index < -0.39 is 0 Å². The van der Waals surface area contributed by atoms with Crippen LogP contribution in [0, 0.1) is 97.2 Å². The Morgan fingerprint density at radius 1 is 0.388 bits per heavy atom. The third-order valence-electron chi connectivity index (χ3n) is 17.3. The zero-order chi connectivity index (χ0) is 86.5. The summed E-state index contributed by atoms with van der Waals surface area (Å²) in [5.74, 6) is 1.36. The lowest BCUT2D eigenvalue weighted by Gasteiger charge is -2.04. The number of para-hydroxylation sites is 5. The molecule has 9 aromatic carbocycles. The van der Waals surface area contributed by atoms with Crippen LogP contribution >= 0.6 is 58.0 Å². The maximum Gasteiger partial charge on any atom is 0.214 e. The van der Waals surface area contributed by atoms with Crippen molar-refractivity contribution in [2.24, 2.45) is 0 Å². The Kier molecular flexibility index (Phi) is 30.4. The predicted molar refractivity (Wildman–Crippen MR) is 472 cm³/mol. The molecule has 30 heteroatoms. The molecule has 0 radical (unpaired) electrons. The van der Waals surface area contributed by atoms with Crippen LogP contribution in [0.5, 0.6) is 5.75 Å². The number of benzene rings is 9. The minimum Gasteiger partial charge on any atom is -0.496 e. The highest BCUT2D eigenvalue weighted by Gasteiger charge is 2.25. The van der Waals surface area contributed by atoms with E-state index in [0.29, 0.717) is 93.7 Å². The number of nitrogen functional groups attached to an aromatic ring is 4. The number of ether oxygens (including phenoxy) is 1. The maximum atomic E-state index is 9.64. The van der Waals surface area contributed by atoms with Crippen molar-refractivity contribution in [1.82, 2.24) is 48.9 Å². The van der Waals surface area contributed by atoms with E-state index >= 15 is 0 Å². The third-order valence-corrected chi connectivity index (χ3v) is 19.0. The van der Waals surface area contributed by atoms with Crippen LogP contribution in [0.15, 0.2) is 249 Å². The number of hydrogen-bond donors (Lipinski definition) is 5. The standard InChI is InChI=1S/C20H15N5O.C19H11Cl2N5.C19H12ClN5.C19H13N5.C14H11Cl2N3O/c1-26-18-10-6-5-7-14(18)11-15(12-21)19-17(13-22)20(23)25(24-19)16-8-3-2-4-9-16;20-16-7-4-8-17(21)14(16)9-12(10-22)18-15(11-23)19(24)26(25-18)13-5-2-1-3-6-13;20-17-9-5-4-6-13(17)10-14(11-21)18-16(12-22)19(23)25(24-18)15-7-2-1-3-8-15;20-12-15(11-14-7-3-1-4-8-14)18-17(13-21)19(22)24(23-18)16-9-5-2-6-10-16;1-17-14(13-5-6-19(18-13)7-8-20)9-10-11(15)3-2-4-12(10)16/h2-11H,23H2,1H3;1-9H,24H2;1-10H,23H2;1-11H,22H2;2-6,9,20H,7-8H2/b15-11+;12-9+;14-10+;15-11+;. The fraction of sp³-hybridized carbons (Fsp3) is 0.0330. The topological polar surface area (TPSA) is 417 Å². The highest BCUT2D eigenvalue weighted by atomic mass is 35.5. The third kappa shape index (κ3) is 21.0. The fourth-order valence-corrected chi connectivity index (χ4v) is 12.7. The summed E-state index contributed by atoms with van der Waals surface area (Å²) in [6, 6.07) is 89.0. The molecule has 0 spiro atoms. The molecule has 0 fully saturated rings. The Labute approximate surface area is 719 Å². The molecule has 0 aliphatic rings. The second-order valence-electron chi connectivity index (χ2n) is 24.8. The highest BCUT2D eigenvalue weighted by Crippen LogP contribution is 2.36. The van der Waals surface area contributed by atoms with E-state index in [4.69, 9.17) is 97.4 Å². The summed E-state index contributed by atoms with van der Waals surface area (Å²) < 4.78 is 12.7. The van der Waals surface area contributed by atoms with Gasteiger partial charge in [0.05, 0.1) is 77.6 Å². The van der Waals surface area contributed by atoms with Gasteiger partial charge in [0.1, 0.15) is 123 Å². The van der Waals surface area contributed by atoms with Gasteiger partial charge < -0.3 is 32.8 Å². The normalized spacial score (nSPS) is 11.0. The summed E-state index contributed by atoms with van der Waals surface area (Å²) in [6.07, 6.45) is 9.75. The number of hydrogen-bond acceptors (Lipinski definition) is 19. The molecule has 0 saturated heterocycles. The van der Waals surface area contributed by atoms with Crippen molar-refractivity contribution in [3.05, 3.63) is 364 Å². The van der Waals surface area contributed by atoms with Gasteiger partial charge in [0.25, 0.3) is 0 Å². The first-order valence-corrected chi connectivity index (χ1v) is 37.6. The summed E-state index contributed by atoms with van der Waals surface area (Å²) in [5.41, 5.74) is 33.8. The molecule has 0 aliphatic carbocycles. The molecule has 0 bridgehead atoms. The first-order chi connectivity index (χ1) is 58.8. The minimum absolute atomic E-state index is 0.00543. The number of aliphatic hydroxyl groups is 1. The number of nitriles is 8. The molecule has 5 aromatic heterocycles. The number of nitrogens with two attached hydrogens (primary N) is 4. The van der Waals surface area contributed by atoms with Gasteiger partial charge >= 0.3 is 0 Å². The molecule has 14 rings (SSSR count). The summed E-state index contributed by atoms with van der Waals surface area (Å²) in [4.78, 5) is 3.46.